The van der Waals surface area contributed by atoms with E-state index in [1.165, 1.54) is 29.4 Å². The number of benzene rings is 2. The summed E-state index contributed by atoms with van der Waals surface area (Å²) in [6.07, 6.45) is 4.09. The predicted molar refractivity (Wildman–Crippen MR) is 122 cm³/mol. The first-order valence-electron chi connectivity index (χ1n) is 10.9. The molecule has 0 radical (unpaired) electrons. The largest absolute Gasteiger partial charge is 0.479 e. The molecule has 0 saturated carbocycles. The highest BCUT2D eigenvalue weighted by Gasteiger charge is 2.31. The van der Waals surface area contributed by atoms with E-state index < -0.39 is 0 Å². The van der Waals surface area contributed by atoms with E-state index in [4.69, 9.17) is 4.74 Å². The first-order chi connectivity index (χ1) is 15.5. The molecule has 1 atom stereocenters. The highest BCUT2D eigenvalue weighted by Crippen LogP contribution is 2.37. The molecule has 0 spiro atoms. The maximum absolute atomic E-state index is 13.0. The molecule has 1 N–H and O–H groups in total. The third-order valence-electron chi connectivity index (χ3n) is 6.36. The molecule has 2 aliphatic rings. The van der Waals surface area contributed by atoms with Gasteiger partial charge < -0.3 is 15.0 Å². The van der Waals surface area contributed by atoms with Crippen LogP contribution in [0, 0.1) is 5.92 Å². The van der Waals surface area contributed by atoms with Crippen molar-refractivity contribution in [2.75, 3.05) is 25.5 Å². The molecule has 2 amide bonds. The van der Waals surface area contributed by atoms with Crippen molar-refractivity contribution in [1.29, 1.82) is 0 Å². The number of nitrogens with one attached hydrogen (secondary N) is 1. The number of methoxy groups -OCH3 is 1. The SMILES string of the molecule is COc1nn(C)cc1C(=O)N1CCCC(C(=O)Nc2ccc3c(c2)Cc2ccccc2-3)C1. The Balaban J connectivity index is 1.27. The number of nitrogens with zero attached hydrogens (tertiary/aromatic N) is 3. The Labute approximate surface area is 187 Å². The molecule has 32 heavy (non-hydrogen) atoms. The predicted octanol–water partition coefficient (Wildman–Crippen LogP) is 3.49. The van der Waals surface area contributed by atoms with E-state index in [-0.39, 0.29) is 17.7 Å². The van der Waals surface area contributed by atoms with Crippen LogP contribution in [-0.2, 0) is 18.3 Å². The van der Waals surface area contributed by atoms with Gasteiger partial charge in [0.05, 0.1) is 13.0 Å². The van der Waals surface area contributed by atoms with Crippen molar-refractivity contribution in [3.8, 4) is 17.0 Å². The summed E-state index contributed by atoms with van der Waals surface area (Å²) in [7, 11) is 3.25. The summed E-state index contributed by atoms with van der Waals surface area (Å²) >= 11 is 0. The van der Waals surface area contributed by atoms with Crippen LogP contribution >= 0.6 is 0 Å². The van der Waals surface area contributed by atoms with Crippen molar-refractivity contribution in [2.45, 2.75) is 19.3 Å². The number of aryl methyl sites for hydroxylation is 1. The minimum absolute atomic E-state index is 0.0453. The van der Waals surface area contributed by atoms with E-state index in [1.807, 2.05) is 6.07 Å². The maximum atomic E-state index is 13.0. The number of hydrogen-bond donors (Lipinski definition) is 1. The number of fused-ring (bicyclic) bond motifs is 3. The van der Waals surface area contributed by atoms with Crippen LogP contribution in [0.2, 0.25) is 0 Å². The van der Waals surface area contributed by atoms with Crippen molar-refractivity contribution in [3.05, 3.63) is 65.4 Å². The quantitative estimate of drug-likeness (QED) is 0.538. The Bertz CT molecular complexity index is 1200. The van der Waals surface area contributed by atoms with Crippen LogP contribution in [0.1, 0.15) is 34.3 Å². The van der Waals surface area contributed by atoms with E-state index >= 15 is 0 Å². The lowest BCUT2D eigenvalue weighted by Gasteiger charge is -2.32. The first kappa shape index (κ1) is 20.3. The maximum Gasteiger partial charge on any atom is 0.260 e. The van der Waals surface area contributed by atoms with Gasteiger partial charge in [-0.05, 0) is 53.6 Å². The van der Waals surface area contributed by atoms with Gasteiger partial charge >= 0.3 is 0 Å². The molecule has 0 bridgehead atoms. The van der Waals surface area contributed by atoms with Gasteiger partial charge in [-0.1, -0.05) is 30.3 Å². The van der Waals surface area contributed by atoms with Crippen molar-refractivity contribution in [1.82, 2.24) is 14.7 Å². The number of rotatable bonds is 4. The molecule has 7 heteroatoms. The number of aromatic nitrogens is 2. The van der Waals surface area contributed by atoms with E-state index in [0.29, 0.717) is 24.5 Å². The van der Waals surface area contributed by atoms with Crippen LogP contribution in [0.15, 0.2) is 48.7 Å². The van der Waals surface area contributed by atoms with E-state index in [1.54, 1.807) is 22.8 Å². The molecule has 1 aliphatic carbocycles. The number of hydrogen-bond acceptors (Lipinski definition) is 4. The zero-order chi connectivity index (χ0) is 22.2. The molecule has 2 aromatic carbocycles. The van der Waals surface area contributed by atoms with Crippen LogP contribution in [0.4, 0.5) is 5.69 Å². The highest BCUT2D eigenvalue weighted by atomic mass is 16.5. The number of anilines is 1. The second-order valence-corrected chi connectivity index (χ2v) is 8.51. The summed E-state index contributed by atoms with van der Waals surface area (Å²) in [5.74, 6) is -0.136. The highest BCUT2D eigenvalue weighted by molar-refractivity contribution is 5.98. The summed E-state index contributed by atoms with van der Waals surface area (Å²) in [5, 5.41) is 7.24. The molecule has 1 saturated heterocycles. The Hall–Kier alpha value is -3.61. The molecule has 5 rings (SSSR count). The first-order valence-corrected chi connectivity index (χ1v) is 10.9. The zero-order valence-electron chi connectivity index (χ0n) is 18.3. The van der Waals surface area contributed by atoms with Crippen LogP contribution in [-0.4, -0.2) is 46.7 Å². The van der Waals surface area contributed by atoms with Crippen LogP contribution < -0.4 is 10.1 Å². The van der Waals surface area contributed by atoms with Gasteiger partial charge in [-0.3, -0.25) is 14.3 Å². The molecule has 3 aromatic rings. The Kier molecular flexibility index (Phi) is 5.17. The number of amides is 2. The lowest BCUT2D eigenvalue weighted by molar-refractivity contribution is -0.121. The second-order valence-electron chi connectivity index (χ2n) is 8.51. The molecular formula is C25H26N4O3. The van der Waals surface area contributed by atoms with Crippen LogP contribution in [0.5, 0.6) is 5.88 Å². The lowest BCUT2D eigenvalue weighted by atomic mass is 9.96. The fourth-order valence-electron chi connectivity index (χ4n) is 4.78. The minimum atomic E-state index is -0.249. The van der Waals surface area contributed by atoms with Crippen molar-refractivity contribution in [3.63, 3.8) is 0 Å². The summed E-state index contributed by atoms with van der Waals surface area (Å²) in [4.78, 5) is 27.8. The van der Waals surface area contributed by atoms with Gasteiger partial charge in [0.25, 0.3) is 5.91 Å². The smallest absolute Gasteiger partial charge is 0.260 e. The number of ether oxygens (including phenoxy) is 1. The second kappa shape index (κ2) is 8.15. The number of carbonyl (C=O) groups excluding carboxylic acids is 2. The van der Waals surface area contributed by atoms with Crippen molar-refractivity contribution in [2.24, 2.45) is 13.0 Å². The molecule has 2 heterocycles. The zero-order valence-corrected chi connectivity index (χ0v) is 18.3. The molecule has 164 valence electrons. The molecule has 1 aliphatic heterocycles. The monoisotopic (exact) mass is 430 g/mol. The summed E-state index contributed by atoms with van der Waals surface area (Å²) in [6.45, 7) is 1.01. The minimum Gasteiger partial charge on any atom is -0.479 e. The normalized spacial score (nSPS) is 16.9. The number of carbonyl (C=O) groups is 2. The third kappa shape index (κ3) is 3.64. The number of piperidine rings is 1. The van der Waals surface area contributed by atoms with Crippen LogP contribution in [0.25, 0.3) is 11.1 Å². The van der Waals surface area contributed by atoms with Gasteiger partial charge in [-0.2, -0.15) is 0 Å². The number of likely N-dealkylation sites (tertiary alicyclic amines) is 1. The van der Waals surface area contributed by atoms with Gasteiger partial charge in [0.15, 0.2) is 0 Å². The van der Waals surface area contributed by atoms with Gasteiger partial charge in [0.1, 0.15) is 5.56 Å². The fourth-order valence-corrected chi connectivity index (χ4v) is 4.78. The van der Waals surface area contributed by atoms with Gasteiger partial charge in [0.2, 0.25) is 11.8 Å². The fraction of sp³-hybridized carbons (Fsp3) is 0.320. The van der Waals surface area contributed by atoms with Crippen LogP contribution in [0.3, 0.4) is 0 Å². The molecule has 1 fully saturated rings. The standard InChI is InChI=1S/C25H26N4O3/c1-28-15-22(24(27-28)32-2)25(31)29-11-5-7-17(14-29)23(30)26-19-9-10-21-18(13-19)12-16-6-3-4-8-20(16)21/h3-4,6,8-10,13,15,17H,5,7,11-12,14H2,1-2H3,(H,26,30). The van der Waals surface area contributed by atoms with Gasteiger partial charge in [0, 0.05) is 32.0 Å². The topological polar surface area (TPSA) is 76.5 Å². The Morgan fingerprint density at radius 2 is 1.94 bits per heavy atom. The van der Waals surface area contributed by atoms with Gasteiger partial charge in [-0.25, -0.2) is 0 Å². The summed E-state index contributed by atoms with van der Waals surface area (Å²) < 4.78 is 6.79. The lowest BCUT2D eigenvalue weighted by Crippen LogP contribution is -2.43. The average Bonchev–Trinajstić information content (AvgIpc) is 3.38. The van der Waals surface area contributed by atoms with E-state index in [0.717, 1.165) is 24.9 Å². The molecule has 1 aromatic heterocycles. The van der Waals surface area contributed by atoms with E-state index in [2.05, 4.69) is 46.8 Å². The molecular weight excluding hydrogens is 404 g/mol. The summed E-state index contributed by atoms with van der Waals surface area (Å²) in [6, 6.07) is 14.5. The Morgan fingerprint density at radius 1 is 1.12 bits per heavy atom. The van der Waals surface area contributed by atoms with Crippen molar-refractivity contribution >= 4 is 17.5 Å². The van der Waals surface area contributed by atoms with Gasteiger partial charge in [-0.15, -0.1) is 5.10 Å². The molecule has 7 nitrogen and oxygen atoms in total. The summed E-state index contributed by atoms with van der Waals surface area (Å²) in [5.41, 5.74) is 6.28. The molecule has 1 unspecified atom stereocenters. The third-order valence-corrected chi connectivity index (χ3v) is 6.36. The Morgan fingerprint density at radius 3 is 2.78 bits per heavy atom. The van der Waals surface area contributed by atoms with Crippen molar-refractivity contribution < 1.29 is 14.3 Å². The average molecular weight is 431 g/mol. The van der Waals surface area contributed by atoms with E-state index in [9.17, 15) is 9.59 Å².